The van der Waals surface area contributed by atoms with Crippen LogP contribution in [0, 0.1) is 0 Å². The number of hydrogen-bond donors (Lipinski definition) is 2. The Morgan fingerprint density at radius 2 is 1.86 bits per heavy atom. The van der Waals surface area contributed by atoms with E-state index in [1.54, 1.807) is 23.5 Å². The van der Waals surface area contributed by atoms with Gasteiger partial charge in [-0.2, -0.15) is 0 Å². The van der Waals surface area contributed by atoms with Crippen LogP contribution in [0.4, 0.5) is 13.2 Å². The Labute approximate surface area is 124 Å². The highest BCUT2D eigenvalue weighted by Crippen LogP contribution is 2.23. The highest BCUT2D eigenvalue weighted by molar-refractivity contribution is 7.09. The molecule has 7 heteroatoms. The van der Waals surface area contributed by atoms with E-state index in [4.69, 9.17) is 5.84 Å². The van der Waals surface area contributed by atoms with Gasteiger partial charge in [0.15, 0.2) is 0 Å². The third kappa shape index (κ3) is 5.37. The fourth-order valence-electron chi connectivity index (χ4n) is 1.97. The topological polar surface area (TPSA) is 47.3 Å². The molecule has 2 rings (SSSR count). The van der Waals surface area contributed by atoms with E-state index in [2.05, 4.69) is 10.2 Å². The van der Waals surface area contributed by atoms with E-state index in [1.165, 1.54) is 17.0 Å². The summed E-state index contributed by atoms with van der Waals surface area (Å²) in [5.41, 5.74) is 3.63. The molecule has 0 aliphatic heterocycles. The smallest absolute Gasteiger partial charge is 0.406 e. The Hall–Kier alpha value is -1.57. The number of hydrogen-bond acceptors (Lipinski definition) is 4. The number of nitrogens with one attached hydrogen (secondary N) is 1. The van der Waals surface area contributed by atoms with Crippen molar-refractivity contribution in [1.82, 2.24) is 5.43 Å². The van der Waals surface area contributed by atoms with Gasteiger partial charge in [-0.05, 0) is 42.0 Å². The van der Waals surface area contributed by atoms with Crippen LogP contribution in [0.2, 0.25) is 0 Å². The molecule has 3 nitrogen and oxygen atoms in total. The first-order chi connectivity index (χ1) is 9.96. The fraction of sp³-hybridized carbons (Fsp3) is 0.286. The van der Waals surface area contributed by atoms with Crippen molar-refractivity contribution in [2.45, 2.75) is 25.2 Å². The third-order valence-corrected chi connectivity index (χ3v) is 3.80. The fourth-order valence-corrected chi connectivity index (χ4v) is 2.76. The minimum Gasteiger partial charge on any atom is -0.406 e. The van der Waals surface area contributed by atoms with Crippen LogP contribution in [0.1, 0.15) is 10.4 Å². The summed E-state index contributed by atoms with van der Waals surface area (Å²) in [5, 5.41) is 1.99. The highest BCUT2D eigenvalue weighted by atomic mass is 32.1. The van der Waals surface area contributed by atoms with Crippen LogP contribution in [0.15, 0.2) is 41.8 Å². The van der Waals surface area contributed by atoms with Gasteiger partial charge >= 0.3 is 6.36 Å². The van der Waals surface area contributed by atoms with Crippen LogP contribution in [0.5, 0.6) is 5.75 Å². The number of ether oxygens (including phenoxy) is 1. The first-order valence-electron chi connectivity index (χ1n) is 6.29. The van der Waals surface area contributed by atoms with Crippen LogP contribution in [-0.2, 0) is 12.8 Å². The molecule has 21 heavy (non-hydrogen) atoms. The van der Waals surface area contributed by atoms with Gasteiger partial charge in [0, 0.05) is 10.9 Å². The maximum Gasteiger partial charge on any atom is 0.573 e. The van der Waals surface area contributed by atoms with E-state index < -0.39 is 6.36 Å². The largest absolute Gasteiger partial charge is 0.573 e. The van der Waals surface area contributed by atoms with Gasteiger partial charge in [-0.1, -0.05) is 18.2 Å². The maximum atomic E-state index is 12.1. The van der Waals surface area contributed by atoms with Gasteiger partial charge in [0.2, 0.25) is 0 Å². The Morgan fingerprint density at radius 3 is 2.38 bits per heavy atom. The van der Waals surface area contributed by atoms with Gasteiger partial charge < -0.3 is 4.74 Å². The second kappa shape index (κ2) is 6.93. The molecule has 1 aromatic heterocycles. The summed E-state index contributed by atoms with van der Waals surface area (Å²) in [4.78, 5) is 1.20. The van der Waals surface area contributed by atoms with E-state index in [-0.39, 0.29) is 11.8 Å². The molecule has 0 fully saturated rings. The zero-order chi connectivity index (χ0) is 15.3. The molecule has 0 aliphatic rings. The Kier molecular flexibility index (Phi) is 5.22. The van der Waals surface area contributed by atoms with Gasteiger partial charge in [-0.25, -0.2) is 0 Å². The molecule has 2 aromatic rings. The number of nitrogens with two attached hydrogens (primary N) is 1. The molecule has 0 aliphatic carbocycles. The van der Waals surface area contributed by atoms with Crippen LogP contribution >= 0.6 is 11.3 Å². The van der Waals surface area contributed by atoms with Crippen molar-refractivity contribution in [2.75, 3.05) is 0 Å². The normalized spacial score (nSPS) is 13.1. The van der Waals surface area contributed by atoms with E-state index in [0.717, 1.165) is 12.0 Å². The number of hydrazine groups is 1. The molecule has 0 saturated carbocycles. The van der Waals surface area contributed by atoms with Crippen molar-refractivity contribution in [1.29, 1.82) is 0 Å². The van der Waals surface area contributed by atoms with Crippen molar-refractivity contribution in [3.05, 3.63) is 52.2 Å². The minimum atomic E-state index is -4.66. The average molecular weight is 316 g/mol. The first kappa shape index (κ1) is 15.8. The monoisotopic (exact) mass is 316 g/mol. The quantitative estimate of drug-likeness (QED) is 0.635. The summed E-state index contributed by atoms with van der Waals surface area (Å²) in [6.45, 7) is 0. The summed E-state index contributed by atoms with van der Waals surface area (Å²) in [7, 11) is 0. The van der Waals surface area contributed by atoms with Crippen molar-refractivity contribution in [2.24, 2.45) is 5.84 Å². The van der Waals surface area contributed by atoms with Gasteiger partial charge in [0.05, 0.1) is 0 Å². The number of benzene rings is 1. The molecule has 1 atom stereocenters. The summed E-state index contributed by atoms with van der Waals surface area (Å²) in [6.07, 6.45) is -3.27. The van der Waals surface area contributed by atoms with Crippen LogP contribution < -0.4 is 16.0 Å². The number of alkyl halides is 3. The first-order valence-corrected chi connectivity index (χ1v) is 7.17. The van der Waals surface area contributed by atoms with Crippen LogP contribution in [0.25, 0.3) is 0 Å². The predicted molar refractivity (Wildman–Crippen MR) is 76.0 cm³/mol. The molecule has 0 radical (unpaired) electrons. The van der Waals surface area contributed by atoms with Gasteiger partial charge in [-0.3, -0.25) is 11.3 Å². The standard InChI is InChI=1S/C14H15F3N2OS/c15-14(16,17)20-12-5-3-10(4-6-12)8-11(19-18)9-13-2-1-7-21-13/h1-7,11,19H,8-9,18H2. The Morgan fingerprint density at radius 1 is 1.14 bits per heavy atom. The Bertz CT molecular complexity index is 540. The lowest BCUT2D eigenvalue weighted by Crippen LogP contribution is -2.38. The molecular weight excluding hydrogens is 301 g/mol. The van der Waals surface area contributed by atoms with E-state index >= 15 is 0 Å². The van der Waals surface area contributed by atoms with E-state index in [0.29, 0.717) is 6.42 Å². The maximum absolute atomic E-state index is 12.1. The lowest BCUT2D eigenvalue weighted by atomic mass is 10.0. The molecule has 0 saturated heterocycles. The second-order valence-electron chi connectivity index (χ2n) is 4.54. The molecular formula is C14H15F3N2OS. The molecule has 1 unspecified atom stereocenters. The molecule has 0 spiro atoms. The SMILES string of the molecule is NNC(Cc1ccc(OC(F)(F)F)cc1)Cc1cccs1. The molecule has 1 heterocycles. The zero-order valence-corrected chi connectivity index (χ0v) is 11.9. The zero-order valence-electron chi connectivity index (χ0n) is 11.1. The second-order valence-corrected chi connectivity index (χ2v) is 5.58. The van der Waals surface area contributed by atoms with Crippen molar-refractivity contribution < 1.29 is 17.9 Å². The van der Waals surface area contributed by atoms with Crippen molar-refractivity contribution in [3.8, 4) is 5.75 Å². The highest BCUT2D eigenvalue weighted by Gasteiger charge is 2.30. The molecule has 0 amide bonds. The van der Waals surface area contributed by atoms with Gasteiger partial charge in [-0.15, -0.1) is 24.5 Å². The predicted octanol–water partition coefficient (Wildman–Crippen LogP) is 3.26. The number of rotatable bonds is 6. The average Bonchev–Trinajstić information content (AvgIpc) is 2.91. The van der Waals surface area contributed by atoms with Crippen molar-refractivity contribution in [3.63, 3.8) is 0 Å². The third-order valence-electron chi connectivity index (χ3n) is 2.90. The lowest BCUT2D eigenvalue weighted by Gasteiger charge is -2.15. The van der Waals surface area contributed by atoms with Crippen molar-refractivity contribution >= 4 is 11.3 Å². The lowest BCUT2D eigenvalue weighted by molar-refractivity contribution is -0.274. The van der Waals surface area contributed by atoms with Gasteiger partial charge in [0.1, 0.15) is 5.75 Å². The molecule has 0 bridgehead atoms. The van der Waals surface area contributed by atoms with Crippen LogP contribution in [-0.4, -0.2) is 12.4 Å². The Balaban J connectivity index is 1.95. The number of thiophene rings is 1. The summed E-state index contributed by atoms with van der Waals surface area (Å²) >= 11 is 1.65. The summed E-state index contributed by atoms with van der Waals surface area (Å²) in [5.74, 6) is 5.31. The van der Waals surface area contributed by atoms with Crippen LogP contribution in [0.3, 0.4) is 0 Å². The van der Waals surface area contributed by atoms with Gasteiger partial charge in [0.25, 0.3) is 0 Å². The number of halogens is 3. The van der Waals surface area contributed by atoms with E-state index in [1.807, 2.05) is 17.5 Å². The molecule has 3 N–H and O–H groups in total. The summed E-state index contributed by atoms with van der Waals surface area (Å²) < 4.78 is 40.0. The van der Waals surface area contributed by atoms with E-state index in [9.17, 15) is 13.2 Å². The summed E-state index contributed by atoms with van der Waals surface area (Å²) in [6, 6.07) is 9.85. The molecule has 1 aromatic carbocycles. The molecule has 114 valence electrons. The minimum absolute atomic E-state index is 0.0260.